The molecule has 0 bridgehead atoms. The van der Waals surface area contributed by atoms with E-state index in [1.807, 2.05) is 0 Å². The Kier molecular flexibility index (Phi) is 32.8. The highest BCUT2D eigenvalue weighted by Crippen LogP contribution is 2.25. The molecule has 0 aliphatic rings. The largest absolute Gasteiger partial charge is 0.381 e. The van der Waals surface area contributed by atoms with Crippen LogP contribution in [0.5, 0.6) is 0 Å². The second-order valence-electron chi connectivity index (χ2n) is 14.3. The first-order valence-corrected chi connectivity index (χ1v) is 19.2. The molecule has 0 aliphatic heterocycles. The number of unbranched alkanes of at least 4 members (excludes halogenated alkanes) is 26. The van der Waals surface area contributed by atoms with E-state index in [0.717, 1.165) is 26.2 Å². The van der Waals surface area contributed by atoms with Gasteiger partial charge in [0.25, 0.3) is 0 Å². The molecule has 41 heavy (non-hydrogen) atoms. The maximum absolute atomic E-state index is 6.36. The maximum atomic E-state index is 6.36. The highest BCUT2D eigenvalue weighted by molar-refractivity contribution is 4.74. The molecule has 0 aromatic rings. The Bertz CT molecular complexity index is 469. The van der Waals surface area contributed by atoms with Crippen LogP contribution in [0.4, 0.5) is 0 Å². The molecular weight excluding hydrogens is 500 g/mol. The third kappa shape index (κ3) is 32.7. The van der Waals surface area contributed by atoms with Crippen molar-refractivity contribution in [2.75, 3.05) is 19.8 Å². The van der Waals surface area contributed by atoms with Gasteiger partial charge in [0.15, 0.2) is 0 Å². The minimum absolute atomic E-state index is 0.189. The molecule has 0 rings (SSSR count). The zero-order valence-electron chi connectivity index (χ0n) is 29.5. The van der Waals surface area contributed by atoms with Gasteiger partial charge in [0.2, 0.25) is 0 Å². The van der Waals surface area contributed by atoms with Gasteiger partial charge in [-0.15, -0.1) is 0 Å². The van der Waals surface area contributed by atoms with Crippen molar-refractivity contribution < 1.29 is 9.47 Å². The van der Waals surface area contributed by atoms with Gasteiger partial charge in [0.05, 0.1) is 6.10 Å². The summed E-state index contributed by atoms with van der Waals surface area (Å²) >= 11 is 0. The lowest BCUT2D eigenvalue weighted by molar-refractivity contribution is -0.0397. The Morgan fingerprint density at radius 1 is 0.366 bits per heavy atom. The van der Waals surface area contributed by atoms with Gasteiger partial charge >= 0.3 is 0 Å². The average Bonchev–Trinajstić information content (AvgIpc) is 2.95. The van der Waals surface area contributed by atoms with E-state index in [1.165, 1.54) is 180 Å². The van der Waals surface area contributed by atoms with E-state index < -0.39 is 0 Å². The lowest BCUT2D eigenvalue weighted by Gasteiger charge is -2.30. The predicted octanol–water partition coefficient (Wildman–Crippen LogP) is 13.8. The predicted molar refractivity (Wildman–Crippen MR) is 185 cm³/mol. The smallest absolute Gasteiger partial charge is 0.0645 e. The van der Waals surface area contributed by atoms with Crippen molar-refractivity contribution in [1.29, 1.82) is 0 Å². The zero-order chi connectivity index (χ0) is 30.1. The van der Waals surface area contributed by atoms with E-state index in [1.54, 1.807) is 0 Å². The van der Waals surface area contributed by atoms with Crippen molar-refractivity contribution in [1.82, 2.24) is 0 Å². The van der Waals surface area contributed by atoms with E-state index in [-0.39, 0.29) is 5.41 Å². The van der Waals surface area contributed by atoms with Crippen LogP contribution in [0.1, 0.15) is 221 Å². The molecule has 1 unspecified atom stereocenters. The molecule has 0 saturated carbocycles. The van der Waals surface area contributed by atoms with E-state index in [9.17, 15) is 0 Å². The van der Waals surface area contributed by atoms with Crippen molar-refractivity contribution in [2.45, 2.75) is 227 Å². The number of hydrogen-bond acceptors (Lipinski definition) is 2. The molecule has 1 atom stereocenters. The van der Waals surface area contributed by atoms with Crippen LogP contribution in [-0.4, -0.2) is 25.9 Å². The second kappa shape index (κ2) is 32.8. The molecule has 0 N–H and O–H groups in total. The lowest BCUT2D eigenvalue weighted by Crippen LogP contribution is -2.31. The molecule has 0 saturated heterocycles. The van der Waals surface area contributed by atoms with Crippen molar-refractivity contribution in [3.63, 3.8) is 0 Å². The summed E-state index contributed by atoms with van der Waals surface area (Å²) in [6.07, 6.45) is 40.8. The standard InChI is InChI=1S/C39H80O2/c1-6-8-10-12-14-16-18-20-22-24-26-28-30-32-35-40-37-34-38(39(3,4)5)41-36-33-31-29-27-25-23-21-19-17-15-13-11-9-7-2/h38H,6-37H2,1-5H3. The Labute approximate surface area is 261 Å². The molecule has 2 heteroatoms. The fourth-order valence-electron chi connectivity index (χ4n) is 5.98. The zero-order valence-corrected chi connectivity index (χ0v) is 29.5. The molecule has 0 amide bonds. The first-order chi connectivity index (χ1) is 20.0. The normalized spacial score (nSPS) is 12.8. The Morgan fingerprint density at radius 3 is 0.976 bits per heavy atom. The Balaban J connectivity index is 3.49. The minimum atomic E-state index is 0.189. The number of rotatable bonds is 34. The van der Waals surface area contributed by atoms with E-state index >= 15 is 0 Å². The van der Waals surface area contributed by atoms with Crippen LogP contribution in [0, 0.1) is 5.41 Å². The van der Waals surface area contributed by atoms with Crippen molar-refractivity contribution in [3.8, 4) is 0 Å². The van der Waals surface area contributed by atoms with Crippen LogP contribution < -0.4 is 0 Å². The van der Waals surface area contributed by atoms with Crippen LogP contribution in [-0.2, 0) is 9.47 Å². The molecule has 0 aromatic heterocycles. The van der Waals surface area contributed by atoms with Gasteiger partial charge in [-0.1, -0.05) is 202 Å². The van der Waals surface area contributed by atoms with Crippen LogP contribution in [0.25, 0.3) is 0 Å². The molecule has 0 aliphatic carbocycles. The molecule has 0 radical (unpaired) electrons. The van der Waals surface area contributed by atoms with Gasteiger partial charge in [-0.2, -0.15) is 0 Å². The number of ether oxygens (including phenoxy) is 2. The van der Waals surface area contributed by atoms with Crippen LogP contribution in [0.2, 0.25) is 0 Å². The van der Waals surface area contributed by atoms with Crippen molar-refractivity contribution >= 4 is 0 Å². The van der Waals surface area contributed by atoms with Gasteiger partial charge in [0.1, 0.15) is 0 Å². The summed E-state index contributed by atoms with van der Waals surface area (Å²) in [6, 6.07) is 0. The van der Waals surface area contributed by atoms with E-state index in [0.29, 0.717) is 6.10 Å². The fraction of sp³-hybridized carbons (Fsp3) is 1.00. The Hall–Kier alpha value is -0.0800. The van der Waals surface area contributed by atoms with Crippen LogP contribution in [0.3, 0.4) is 0 Å². The maximum Gasteiger partial charge on any atom is 0.0645 e. The van der Waals surface area contributed by atoms with Crippen LogP contribution >= 0.6 is 0 Å². The third-order valence-electron chi connectivity index (χ3n) is 8.95. The van der Waals surface area contributed by atoms with Gasteiger partial charge in [-0.25, -0.2) is 0 Å². The van der Waals surface area contributed by atoms with E-state index in [4.69, 9.17) is 9.47 Å². The van der Waals surface area contributed by atoms with E-state index in [2.05, 4.69) is 34.6 Å². The third-order valence-corrected chi connectivity index (χ3v) is 8.95. The SMILES string of the molecule is CCCCCCCCCCCCCCCCOCCC(OCCCCCCCCCCCCCCCC)C(C)(C)C. The fourth-order valence-corrected chi connectivity index (χ4v) is 5.98. The molecule has 0 spiro atoms. The first kappa shape index (κ1) is 40.9. The highest BCUT2D eigenvalue weighted by Gasteiger charge is 2.24. The topological polar surface area (TPSA) is 18.5 Å². The summed E-state index contributed by atoms with van der Waals surface area (Å²) in [5.74, 6) is 0. The summed E-state index contributed by atoms with van der Waals surface area (Å²) in [5.41, 5.74) is 0.189. The molecule has 0 heterocycles. The first-order valence-electron chi connectivity index (χ1n) is 19.2. The molecule has 248 valence electrons. The van der Waals surface area contributed by atoms with Gasteiger partial charge in [-0.05, 0) is 24.7 Å². The van der Waals surface area contributed by atoms with Gasteiger partial charge in [-0.3, -0.25) is 0 Å². The van der Waals surface area contributed by atoms with Crippen molar-refractivity contribution in [3.05, 3.63) is 0 Å². The summed E-state index contributed by atoms with van der Waals surface area (Å²) < 4.78 is 12.4. The van der Waals surface area contributed by atoms with Gasteiger partial charge in [0, 0.05) is 19.8 Å². The minimum Gasteiger partial charge on any atom is -0.381 e. The number of hydrogen-bond donors (Lipinski definition) is 0. The highest BCUT2D eigenvalue weighted by atomic mass is 16.5. The molecular formula is C39H80O2. The van der Waals surface area contributed by atoms with Crippen molar-refractivity contribution in [2.24, 2.45) is 5.41 Å². The average molecular weight is 581 g/mol. The summed E-state index contributed by atoms with van der Waals surface area (Å²) in [6.45, 7) is 14.2. The molecule has 2 nitrogen and oxygen atoms in total. The summed E-state index contributed by atoms with van der Waals surface area (Å²) in [4.78, 5) is 0. The summed E-state index contributed by atoms with van der Waals surface area (Å²) in [5, 5.41) is 0. The van der Waals surface area contributed by atoms with Gasteiger partial charge < -0.3 is 9.47 Å². The van der Waals surface area contributed by atoms with Crippen LogP contribution in [0.15, 0.2) is 0 Å². The lowest BCUT2D eigenvalue weighted by atomic mass is 9.87. The second-order valence-corrected chi connectivity index (χ2v) is 14.3. The summed E-state index contributed by atoms with van der Waals surface area (Å²) in [7, 11) is 0. The monoisotopic (exact) mass is 581 g/mol. The molecule has 0 aromatic carbocycles. The Morgan fingerprint density at radius 2 is 0.659 bits per heavy atom. The molecule has 0 fully saturated rings. The quantitative estimate of drug-likeness (QED) is 0.0705.